The number of hydrogen-bond donors (Lipinski definition) is 1. The van der Waals surface area contributed by atoms with Crippen molar-refractivity contribution in [3.05, 3.63) is 59.9 Å². The lowest BCUT2D eigenvalue weighted by Gasteiger charge is -2.07. The molecule has 0 atom stereocenters. The number of thioether (sulfide) groups is 1. The van der Waals surface area contributed by atoms with Gasteiger partial charge in [-0.3, -0.25) is 4.79 Å². The smallest absolute Gasteiger partial charge is 0.234 e. The molecule has 1 aromatic carbocycles. The second kappa shape index (κ2) is 7.43. The lowest BCUT2D eigenvalue weighted by molar-refractivity contribution is -0.113. The topological polar surface area (TPSA) is 72.7 Å². The van der Waals surface area contributed by atoms with Gasteiger partial charge in [0.05, 0.1) is 17.1 Å². The minimum atomic E-state index is -0.463. The van der Waals surface area contributed by atoms with Crippen molar-refractivity contribution in [2.24, 2.45) is 0 Å². The third-order valence-corrected chi connectivity index (χ3v) is 4.28. The van der Waals surface area contributed by atoms with Crippen LogP contribution in [0, 0.1) is 19.7 Å². The van der Waals surface area contributed by atoms with Gasteiger partial charge in [0.2, 0.25) is 5.91 Å². The number of nitrogens with zero attached hydrogens (tertiary/aromatic N) is 4. The summed E-state index contributed by atoms with van der Waals surface area (Å²) in [5, 5.41) is 7.56. The summed E-state index contributed by atoms with van der Waals surface area (Å²) in [6.45, 7) is 3.85. The molecule has 0 saturated heterocycles. The first-order valence-corrected chi connectivity index (χ1v) is 8.54. The minimum Gasteiger partial charge on any atom is -0.323 e. The Bertz CT molecular complexity index is 912. The molecule has 2 heterocycles. The highest BCUT2D eigenvalue weighted by atomic mass is 32.2. The lowest BCUT2D eigenvalue weighted by Crippen LogP contribution is -2.15. The molecule has 0 saturated carbocycles. The van der Waals surface area contributed by atoms with E-state index in [1.807, 2.05) is 19.9 Å². The first-order valence-electron chi connectivity index (χ1n) is 7.56. The Hall–Kier alpha value is -2.74. The summed E-state index contributed by atoms with van der Waals surface area (Å²) in [6.07, 6.45) is 1.43. The van der Waals surface area contributed by atoms with E-state index < -0.39 is 5.82 Å². The standard InChI is InChI=1S/C17H16FN5OS/c1-11-7-12(2)23(22-11)15-8-17(20-10-19-15)25-9-16(24)21-14-6-4-3-5-13(14)18/h3-8,10H,9H2,1-2H3,(H,21,24). The van der Waals surface area contributed by atoms with Gasteiger partial charge in [-0.1, -0.05) is 23.9 Å². The number of carbonyl (C=O) groups excluding carboxylic acids is 1. The Morgan fingerprint density at radius 1 is 1.24 bits per heavy atom. The molecule has 3 rings (SSSR count). The van der Waals surface area contributed by atoms with E-state index in [0.717, 1.165) is 11.4 Å². The van der Waals surface area contributed by atoms with Gasteiger partial charge in [0.15, 0.2) is 5.82 Å². The largest absolute Gasteiger partial charge is 0.323 e. The number of aromatic nitrogens is 4. The van der Waals surface area contributed by atoms with E-state index >= 15 is 0 Å². The molecule has 0 radical (unpaired) electrons. The predicted octanol–water partition coefficient (Wildman–Crippen LogP) is 3.15. The van der Waals surface area contributed by atoms with Gasteiger partial charge in [-0.25, -0.2) is 19.0 Å². The van der Waals surface area contributed by atoms with Gasteiger partial charge in [0, 0.05) is 11.8 Å². The van der Waals surface area contributed by atoms with Crippen LogP contribution >= 0.6 is 11.8 Å². The highest BCUT2D eigenvalue weighted by Gasteiger charge is 2.10. The number of nitrogens with one attached hydrogen (secondary N) is 1. The molecule has 0 aliphatic rings. The van der Waals surface area contributed by atoms with Crippen molar-refractivity contribution >= 4 is 23.4 Å². The first kappa shape index (κ1) is 17.1. The van der Waals surface area contributed by atoms with E-state index in [1.165, 1.54) is 30.2 Å². The summed E-state index contributed by atoms with van der Waals surface area (Å²) in [6, 6.07) is 9.77. The Morgan fingerprint density at radius 2 is 2.04 bits per heavy atom. The molecule has 1 amide bonds. The second-order valence-electron chi connectivity index (χ2n) is 5.37. The molecule has 0 unspecified atom stereocenters. The maximum absolute atomic E-state index is 13.5. The molecule has 25 heavy (non-hydrogen) atoms. The van der Waals surface area contributed by atoms with Crippen LogP contribution in [-0.4, -0.2) is 31.4 Å². The first-order chi connectivity index (χ1) is 12.0. The Morgan fingerprint density at radius 3 is 2.76 bits per heavy atom. The average molecular weight is 357 g/mol. The molecule has 1 N–H and O–H groups in total. The van der Waals surface area contributed by atoms with Crippen LogP contribution in [0.1, 0.15) is 11.4 Å². The van der Waals surface area contributed by atoms with Gasteiger partial charge in [-0.15, -0.1) is 0 Å². The van der Waals surface area contributed by atoms with Gasteiger partial charge in [0.25, 0.3) is 0 Å². The fourth-order valence-corrected chi connectivity index (χ4v) is 2.94. The maximum Gasteiger partial charge on any atom is 0.234 e. The Kier molecular flexibility index (Phi) is 5.08. The maximum atomic E-state index is 13.5. The quantitative estimate of drug-likeness (QED) is 0.561. The van der Waals surface area contributed by atoms with Crippen molar-refractivity contribution in [1.29, 1.82) is 0 Å². The van der Waals surface area contributed by atoms with E-state index in [0.29, 0.717) is 10.8 Å². The zero-order chi connectivity index (χ0) is 17.8. The van der Waals surface area contributed by atoms with Crippen LogP contribution in [0.15, 0.2) is 47.8 Å². The van der Waals surface area contributed by atoms with Gasteiger partial charge >= 0.3 is 0 Å². The van der Waals surface area contributed by atoms with Crippen molar-refractivity contribution in [3.8, 4) is 5.82 Å². The van der Waals surface area contributed by atoms with Crippen LogP contribution in [0.3, 0.4) is 0 Å². The summed E-state index contributed by atoms with van der Waals surface area (Å²) >= 11 is 1.25. The summed E-state index contributed by atoms with van der Waals surface area (Å²) in [7, 11) is 0. The van der Waals surface area contributed by atoms with Gasteiger partial charge in [-0.2, -0.15) is 5.10 Å². The summed E-state index contributed by atoms with van der Waals surface area (Å²) in [5.74, 6) is -0.0178. The van der Waals surface area contributed by atoms with Crippen molar-refractivity contribution in [3.63, 3.8) is 0 Å². The lowest BCUT2D eigenvalue weighted by atomic mass is 10.3. The summed E-state index contributed by atoms with van der Waals surface area (Å²) in [5.41, 5.74) is 2.03. The molecule has 0 spiro atoms. The third-order valence-electron chi connectivity index (χ3n) is 3.35. The molecular formula is C17H16FN5OS. The number of para-hydroxylation sites is 1. The SMILES string of the molecule is Cc1cc(C)n(-c2cc(SCC(=O)Nc3ccccc3F)ncn2)n1. The number of benzene rings is 1. The molecule has 128 valence electrons. The zero-order valence-electron chi connectivity index (χ0n) is 13.7. The van der Waals surface area contributed by atoms with Crippen LogP contribution < -0.4 is 5.32 Å². The highest BCUT2D eigenvalue weighted by Crippen LogP contribution is 2.19. The molecular weight excluding hydrogens is 341 g/mol. The molecule has 0 aliphatic heterocycles. The third kappa shape index (κ3) is 4.21. The van der Waals surface area contributed by atoms with E-state index in [2.05, 4.69) is 20.4 Å². The number of carbonyl (C=O) groups is 1. The minimum absolute atomic E-state index is 0.113. The average Bonchev–Trinajstić information content (AvgIpc) is 2.94. The van der Waals surface area contributed by atoms with Crippen molar-refractivity contribution in [1.82, 2.24) is 19.7 Å². The monoisotopic (exact) mass is 357 g/mol. The Balaban J connectivity index is 1.66. The van der Waals surface area contributed by atoms with E-state index in [9.17, 15) is 9.18 Å². The van der Waals surface area contributed by atoms with Gasteiger partial charge < -0.3 is 5.32 Å². The van der Waals surface area contributed by atoms with Crippen molar-refractivity contribution < 1.29 is 9.18 Å². The van der Waals surface area contributed by atoms with Crippen molar-refractivity contribution in [2.75, 3.05) is 11.1 Å². The molecule has 6 nitrogen and oxygen atoms in total. The van der Waals surface area contributed by atoms with E-state index in [4.69, 9.17) is 0 Å². The summed E-state index contributed by atoms with van der Waals surface area (Å²) in [4.78, 5) is 20.4. The van der Waals surface area contributed by atoms with Crippen LogP contribution in [0.2, 0.25) is 0 Å². The molecule has 0 fully saturated rings. The molecule has 0 aliphatic carbocycles. The van der Waals surface area contributed by atoms with Crippen LogP contribution in [0.5, 0.6) is 0 Å². The zero-order valence-corrected chi connectivity index (χ0v) is 14.5. The number of rotatable bonds is 5. The fraction of sp³-hybridized carbons (Fsp3) is 0.176. The van der Waals surface area contributed by atoms with Crippen LogP contribution in [-0.2, 0) is 4.79 Å². The molecule has 3 aromatic rings. The normalized spacial score (nSPS) is 10.7. The molecule has 2 aromatic heterocycles. The highest BCUT2D eigenvalue weighted by molar-refractivity contribution is 7.99. The number of halogens is 1. The predicted molar refractivity (Wildman–Crippen MR) is 94.4 cm³/mol. The van der Waals surface area contributed by atoms with Crippen LogP contribution in [0.25, 0.3) is 5.82 Å². The fourth-order valence-electron chi connectivity index (χ4n) is 2.27. The second-order valence-corrected chi connectivity index (χ2v) is 6.37. The van der Waals surface area contributed by atoms with Crippen molar-refractivity contribution in [2.45, 2.75) is 18.9 Å². The van der Waals surface area contributed by atoms with E-state index in [-0.39, 0.29) is 17.3 Å². The molecule has 0 bridgehead atoms. The Labute approximate surface area is 148 Å². The van der Waals surface area contributed by atoms with E-state index in [1.54, 1.807) is 22.9 Å². The summed E-state index contributed by atoms with van der Waals surface area (Å²) < 4.78 is 15.3. The van der Waals surface area contributed by atoms with Gasteiger partial charge in [0.1, 0.15) is 17.2 Å². The van der Waals surface area contributed by atoms with Crippen LogP contribution in [0.4, 0.5) is 10.1 Å². The van der Waals surface area contributed by atoms with Gasteiger partial charge in [-0.05, 0) is 32.0 Å². The number of amides is 1. The number of hydrogen-bond acceptors (Lipinski definition) is 5. The molecule has 8 heteroatoms. The number of anilines is 1. The number of aryl methyl sites for hydroxylation is 2.